The number of hydrogen-bond donors (Lipinski definition) is 1. The summed E-state index contributed by atoms with van der Waals surface area (Å²) in [5.41, 5.74) is 1.02. The van der Waals surface area contributed by atoms with Gasteiger partial charge in [0.15, 0.2) is 0 Å². The average molecular weight is 205 g/mol. The summed E-state index contributed by atoms with van der Waals surface area (Å²) in [5, 5.41) is 3.40. The summed E-state index contributed by atoms with van der Waals surface area (Å²) in [6.45, 7) is 3.06. The van der Waals surface area contributed by atoms with Crippen LogP contribution in [0.1, 0.15) is 37.8 Å². The standard InChI is InChI=1S/C12H19N3/c1-10-7-12(15-9-14-10)13-8-11-5-3-2-4-6-11/h7,9,11H,2-6,8H2,1H3,(H,13,14,15). The van der Waals surface area contributed by atoms with Crippen molar-refractivity contribution >= 4 is 5.82 Å². The molecule has 0 radical (unpaired) electrons. The number of aryl methyl sites for hydroxylation is 1. The molecule has 0 aromatic carbocycles. The van der Waals surface area contributed by atoms with Gasteiger partial charge in [-0.2, -0.15) is 0 Å². The molecule has 0 bridgehead atoms. The molecule has 3 nitrogen and oxygen atoms in total. The van der Waals surface area contributed by atoms with E-state index < -0.39 is 0 Å². The number of hydrogen-bond acceptors (Lipinski definition) is 3. The predicted octanol–water partition coefficient (Wildman–Crippen LogP) is 2.78. The van der Waals surface area contributed by atoms with Crippen LogP contribution < -0.4 is 5.32 Å². The van der Waals surface area contributed by atoms with Crippen LogP contribution in [0, 0.1) is 12.8 Å². The third kappa shape index (κ3) is 3.18. The van der Waals surface area contributed by atoms with E-state index in [0.29, 0.717) is 0 Å². The smallest absolute Gasteiger partial charge is 0.129 e. The van der Waals surface area contributed by atoms with E-state index >= 15 is 0 Å². The highest BCUT2D eigenvalue weighted by atomic mass is 15.0. The summed E-state index contributed by atoms with van der Waals surface area (Å²) >= 11 is 0. The molecule has 1 aromatic rings. The van der Waals surface area contributed by atoms with Crippen LogP contribution in [0.4, 0.5) is 5.82 Å². The van der Waals surface area contributed by atoms with Crippen molar-refractivity contribution < 1.29 is 0 Å². The quantitative estimate of drug-likeness (QED) is 0.824. The van der Waals surface area contributed by atoms with Crippen LogP contribution in [0.5, 0.6) is 0 Å². The molecule has 0 unspecified atom stereocenters. The molecule has 0 atom stereocenters. The lowest BCUT2D eigenvalue weighted by atomic mass is 9.89. The Morgan fingerprint density at radius 1 is 1.27 bits per heavy atom. The van der Waals surface area contributed by atoms with Crippen molar-refractivity contribution in [2.75, 3.05) is 11.9 Å². The van der Waals surface area contributed by atoms with Gasteiger partial charge in [-0.25, -0.2) is 9.97 Å². The van der Waals surface area contributed by atoms with Gasteiger partial charge in [-0.05, 0) is 25.7 Å². The van der Waals surface area contributed by atoms with Crippen LogP contribution in [0.15, 0.2) is 12.4 Å². The van der Waals surface area contributed by atoms with Gasteiger partial charge in [0.1, 0.15) is 12.1 Å². The Morgan fingerprint density at radius 3 is 2.80 bits per heavy atom. The van der Waals surface area contributed by atoms with Gasteiger partial charge in [0, 0.05) is 18.3 Å². The maximum atomic E-state index is 4.20. The van der Waals surface area contributed by atoms with Crippen LogP contribution in [0.3, 0.4) is 0 Å². The van der Waals surface area contributed by atoms with E-state index in [4.69, 9.17) is 0 Å². The van der Waals surface area contributed by atoms with Crippen molar-refractivity contribution in [2.24, 2.45) is 5.92 Å². The molecule has 2 rings (SSSR count). The average Bonchev–Trinajstić information content (AvgIpc) is 2.28. The fourth-order valence-electron chi connectivity index (χ4n) is 2.19. The minimum Gasteiger partial charge on any atom is -0.370 e. The van der Waals surface area contributed by atoms with E-state index in [2.05, 4.69) is 15.3 Å². The van der Waals surface area contributed by atoms with Crippen molar-refractivity contribution in [3.63, 3.8) is 0 Å². The maximum Gasteiger partial charge on any atom is 0.129 e. The van der Waals surface area contributed by atoms with Crippen molar-refractivity contribution in [2.45, 2.75) is 39.0 Å². The Morgan fingerprint density at radius 2 is 2.07 bits per heavy atom. The molecule has 82 valence electrons. The SMILES string of the molecule is Cc1cc(NCC2CCCCC2)ncn1. The molecule has 1 fully saturated rings. The number of anilines is 1. The number of rotatable bonds is 3. The lowest BCUT2D eigenvalue weighted by Gasteiger charge is -2.21. The van der Waals surface area contributed by atoms with E-state index in [1.54, 1.807) is 6.33 Å². The monoisotopic (exact) mass is 205 g/mol. The molecule has 0 aliphatic heterocycles. The van der Waals surface area contributed by atoms with Gasteiger partial charge in [-0.1, -0.05) is 19.3 Å². The lowest BCUT2D eigenvalue weighted by molar-refractivity contribution is 0.373. The Bertz CT molecular complexity index is 305. The normalized spacial score (nSPS) is 17.7. The van der Waals surface area contributed by atoms with Crippen molar-refractivity contribution in [3.8, 4) is 0 Å². The third-order valence-electron chi connectivity index (χ3n) is 3.10. The number of nitrogens with zero attached hydrogens (tertiary/aromatic N) is 2. The Labute approximate surface area is 91.3 Å². The second-order valence-corrected chi connectivity index (χ2v) is 4.43. The zero-order valence-corrected chi connectivity index (χ0v) is 9.37. The van der Waals surface area contributed by atoms with Crippen molar-refractivity contribution in [1.29, 1.82) is 0 Å². The van der Waals surface area contributed by atoms with E-state index in [0.717, 1.165) is 24.0 Å². The first-order valence-corrected chi connectivity index (χ1v) is 5.87. The lowest BCUT2D eigenvalue weighted by Crippen LogP contribution is -2.17. The molecule has 15 heavy (non-hydrogen) atoms. The molecule has 1 aromatic heterocycles. The fraction of sp³-hybridized carbons (Fsp3) is 0.667. The summed E-state index contributed by atoms with van der Waals surface area (Å²) in [5.74, 6) is 1.81. The number of nitrogens with one attached hydrogen (secondary N) is 1. The minimum absolute atomic E-state index is 0.842. The highest BCUT2D eigenvalue weighted by Gasteiger charge is 2.12. The maximum absolute atomic E-state index is 4.20. The van der Waals surface area contributed by atoms with Crippen LogP contribution in [-0.2, 0) is 0 Å². The molecule has 1 N–H and O–H groups in total. The first-order valence-electron chi connectivity index (χ1n) is 5.87. The first-order chi connectivity index (χ1) is 7.34. The van der Waals surface area contributed by atoms with Gasteiger partial charge in [0.2, 0.25) is 0 Å². The summed E-state index contributed by atoms with van der Waals surface area (Å²) < 4.78 is 0. The van der Waals surface area contributed by atoms with Gasteiger partial charge in [-0.3, -0.25) is 0 Å². The van der Waals surface area contributed by atoms with E-state index in [1.165, 1.54) is 32.1 Å². The van der Waals surface area contributed by atoms with Crippen molar-refractivity contribution in [3.05, 3.63) is 18.1 Å². The first kappa shape index (κ1) is 10.4. The molecule has 3 heteroatoms. The summed E-state index contributed by atoms with van der Waals surface area (Å²) in [6.07, 6.45) is 8.58. The van der Waals surface area contributed by atoms with Crippen molar-refractivity contribution in [1.82, 2.24) is 9.97 Å². The Kier molecular flexibility index (Phi) is 3.54. The minimum atomic E-state index is 0.842. The van der Waals surface area contributed by atoms with Gasteiger partial charge in [0.25, 0.3) is 0 Å². The molecule has 0 spiro atoms. The Balaban J connectivity index is 1.81. The zero-order chi connectivity index (χ0) is 10.5. The van der Waals surface area contributed by atoms with E-state index in [1.807, 2.05) is 13.0 Å². The van der Waals surface area contributed by atoms with E-state index in [9.17, 15) is 0 Å². The summed E-state index contributed by atoms with van der Waals surface area (Å²) in [7, 11) is 0. The molecule has 1 aliphatic rings. The predicted molar refractivity (Wildman–Crippen MR) is 61.8 cm³/mol. The highest BCUT2D eigenvalue weighted by molar-refractivity contribution is 5.34. The largest absolute Gasteiger partial charge is 0.370 e. The zero-order valence-electron chi connectivity index (χ0n) is 9.37. The van der Waals surface area contributed by atoms with Gasteiger partial charge in [0.05, 0.1) is 0 Å². The van der Waals surface area contributed by atoms with Gasteiger partial charge in [-0.15, -0.1) is 0 Å². The fourth-order valence-corrected chi connectivity index (χ4v) is 2.19. The summed E-state index contributed by atoms with van der Waals surface area (Å²) in [6, 6.07) is 2.00. The molecule has 1 heterocycles. The topological polar surface area (TPSA) is 37.8 Å². The molecule has 1 aliphatic carbocycles. The van der Waals surface area contributed by atoms with Crippen LogP contribution in [-0.4, -0.2) is 16.5 Å². The van der Waals surface area contributed by atoms with Crippen LogP contribution in [0.25, 0.3) is 0 Å². The van der Waals surface area contributed by atoms with Gasteiger partial charge < -0.3 is 5.32 Å². The highest BCUT2D eigenvalue weighted by Crippen LogP contribution is 2.23. The van der Waals surface area contributed by atoms with Crippen LogP contribution >= 0.6 is 0 Å². The second kappa shape index (κ2) is 5.10. The molecule has 1 saturated carbocycles. The second-order valence-electron chi connectivity index (χ2n) is 4.43. The third-order valence-corrected chi connectivity index (χ3v) is 3.10. The number of aromatic nitrogens is 2. The Hall–Kier alpha value is -1.12. The molecular formula is C12H19N3. The molecular weight excluding hydrogens is 186 g/mol. The molecule has 0 saturated heterocycles. The molecule has 0 amide bonds. The van der Waals surface area contributed by atoms with Gasteiger partial charge >= 0.3 is 0 Å². The summed E-state index contributed by atoms with van der Waals surface area (Å²) in [4.78, 5) is 8.29. The van der Waals surface area contributed by atoms with Crippen LogP contribution in [0.2, 0.25) is 0 Å². The van der Waals surface area contributed by atoms with E-state index in [-0.39, 0.29) is 0 Å².